The molecule has 0 radical (unpaired) electrons. The Balaban J connectivity index is 1.65. The average Bonchev–Trinajstić information content (AvgIpc) is 2.99. The van der Waals surface area contributed by atoms with Crippen molar-refractivity contribution in [3.05, 3.63) is 42.0 Å². The van der Waals surface area contributed by atoms with Crippen molar-refractivity contribution in [2.45, 2.75) is 45.3 Å². The molecule has 0 aliphatic carbocycles. The fraction of sp³-hybridized carbons (Fsp3) is 0.522. The molecule has 3 amide bonds. The molecule has 3 rings (SSSR count). The summed E-state index contributed by atoms with van der Waals surface area (Å²) < 4.78 is 5.58. The zero-order valence-electron chi connectivity index (χ0n) is 18.1. The number of hydrogen-bond acceptors (Lipinski definition) is 4. The molecule has 1 fully saturated rings. The van der Waals surface area contributed by atoms with E-state index in [2.05, 4.69) is 5.32 Å². The normalized spacial score (nSPS) is 19.9. The van der Waals surface area contributed by atoms with Crippen LogP contribution in [0.5, 0.6) is 0 Å². The van der Waals surface area contributed by atoms with E-state index in [0.29, 0.717) is 38.5 Å². The maximum atomic E-state index is 12.8. The van der Waals surface area contributed by atoms with Crippen LogP contribution in [0.25, 0.3) is 0 Å². The van der Waals surface area contributed by atoms with Crippen molar-refractivity contribution in [2.24, 2.45) is 5.92 Å². The molecule has 2 N–H and O–H groups in total. The summed E-state index contributed by atoms with van der Waals surface area (Å²) in [5, 5.41) is 12.2. The Kier molecular flexibility index (Phi) is 7.68. The first-order valence-corrected chi connectivity index (χ1v) is 10.8. The fourth-order valence-electron chi connectivity index (χ4n) is 3.98. The smallest absolute Gasteiger partial charge is 0.407 e. The second-order valence-corrected chi connectivity index (χ2v) is 8.41. The number of para-hydroxylation sites is 1. The number of hydrogen-bond donors (Lipinski definition) is 2. The zero-order chi connectivity index (χ0) is 22.4. The first-order valence-electron chi connectivity index (χ1n) is 10.8. The Bertz CT molecular complexity index is 838. The summed E-state index contributed by atoms with van der Waals surface area (Å²) >= 11 is 0. The number of carboxylic acid groups (broad SMARTS) is 1. The van der Waals surface area contributed by atoms with Gasteiger partial charge in [-0.2, -0.15) is 0 Å². The third-order valence-corrected chi connectivity index (χ3v) is 5.52. The number of carbonyl (C=O) groups excluding carboxylic acids is 2. The summed E-state index contributed by atoms with van der Waals surface area (Å²) in [5.74, 6) is -0.179. The van der Waals surface area contributed by atoms with Crippen LogP contribution >= 0.6 is 0 Å². The Morgan fingerprint density at radius 1 is 1.26 bits per heavy atom. The van der Waals surface area contributed by atoms with Gasteiger partial charge >= 0.3 is 6.09 Å². The second-order valence-electron chi connectivity index (χ2n) is 8.41. The van der Waals surface area contributed by atoms with Gasteiger partial charge in [0.25, 0.3) is 11.8 Å². The quantitative estimate of drug-likeness (QED) is 0.677. The van der Waals surface area contributed by atoms with E-state index in [9.17, 15) is 19.5 Å². The van der Waals surface area contributed by atoms with Crippen molar-refractivity contribution in [1.82, 2.24) is 10.2 Å². The van der Waals surface area contributed by atoms with Crippen LogP contribution in [0.15, 0.2) is 36.4 Å². The molecule has 2 atom stereocenters. The summed E-state index contributed by atoms with van der Waals surface area (Å²) in [6, 6.07) is 7.51. The standard InChI is InChI=1S/C23H31N3O5/c1-16(2)14-18(24-22(28)20-15-25(23(29)30)11-5-13-31-20)8-9-21(27)26-12-10-17-6-3-4-7-19(17)26/h3-4,6-9,16,18,20H,5,10-15H2,1-2H3,(H,24,28)(H,29,30)/b9-8+/t18-,20+/m1/s1. The molecule has 1 aromatic carbocycles. The summed E-state index contributed by atoms with van der Waals surface area (Å²) in [4.78, 5) is 39.8. The minimum atomic E-state index is -1.06. The Hall–Kier alpha value is -2.87. The zero-order valence-corrected chi connectivity index (χ0v) is 18.1. The highest BCUT2D eigenvalue weighted by atomic mass is 16.5. The van der Waals surface area contributed by atoms with E-state index in [0.717, 1.165) is 17.7 Å². The van der Waals surface area contributed by atoms with Crippen LogP contribution in [0.2, 0.25) is 0 Å². The van der Waals surface area contributed by atoms with Gasteiger partial charge in [0, 0.05) is 37.5 Å². The number of fused-ring (bicyclic) bond motifs is 1. The number of nitrogens with zero attached hydrogens (tertiary/aromatic N) is 2. The third kappa shape index (κ3) is 6.07. The van der Waals surface area contributed by atoms with Crippen LogP contribution in [-0.4, -0.2) is 66.3 Å². The number of anilines is 1. The van der Waals surface area contributed by atoms with Gasteiger partial charge in [-0.05, 0) is 36.8 Å². The number of amides is 3. The van der Waals surface area contributed by atoms with Crippen molar-refractivity contribution < 1.29 is 24.2 Å². The molecule has 0 unspecified atom stereocenters. The van der Waals surface area contributed by atoms with Crippen LogP contribution < -0.4 is 10.2 Å². The predicted molar refractivity (Wildman–Crippen MR) is 117 cm³/mol. The highest BCUT2D eigenvalue weighted by Gasteiger charge is 2.29. The van der Waals surface area contributed by atoms with E-state index in [1.807, 2.05) is 38.1 Å². The molecule has 8 nitrogen and oxygen atoms in total. The van der Waals surface area contributed by atoms with Gasteiger partial charge < -0.3 is 25.0 Å². The van der Waals surface area contributed by atoms with Gasteiger partial charge in [0.2, 0.25) is 0 Å². The van der Waals surface area contributed by atoms with Crippen molar-refractivity contribution in [1.29, 1.82) is 0 Å². The van der Waals surface area contributed by atoms with Crippen LogP contribution in [0.4, 0.5) is 10.5 Å². The van der Waals surface area contributed by atoms with Crippen LogP contribution in [0, 0.1) is 5.92 Å². The molecule has 0 saturated carbocycles. The first-order chi connectivity index (χ1) is 14.8. The topological polar surface area (TPSA) is 99.2 Å². The molecule has 8 heteroatoms. The highest BCUT2D eigenvalue weighted by Crippen LogP contribution is 2.27. The Labute approximate surface area is 182 Å². The molecule has 2 aliphatic rings. The van der Waals surface area contributed by atoms with Crippen LogP contribution in [0.1, 0.15) is 32.3 Å². The third-order valence-electron chi connectivity index (χ3n) is 5.52. The van der Waals surface area contributed by atoms with E-state index < -0.39 is 12.2 Å². The van der Waals surface area contributed by atoms with Crippen molar-refractivity contribution >= 4 is 23.6 Å². The van der Waals surface area contributed by atoms with E-state index in [1.165, 1.54) is 11.0 Å². The van der Waals surface area contributed by atoms with Gasteiger partial charge in [-0.25, -0.2) is 4.79 Å². The molecule has 0 spiro atoms. The number of benzene rings is 1. The SMILES string of the molecule is CC(C)C[C@@H](/C=C/C(=O)N1CCc2ccccc21)NC(=O)[C@@H]1CN(C(=O)O)CCCO1. The lowest BCUT2D eigenvalue weighted by atomic mass is 10.0. The minimum absolute atomic E-state index is 0.00275. The molecule has 31 heavy (non-hydrogen) atoms. The molecular formula is C23H31N3O5. The van der Waals surface area contributed by atoms with Gasteiger partial charge in [-0.3, -0.25) is 9.59 Å². The Morgan fingerprint density at radius 3 is 2.77 bits per heavy atom. The van der Waals surface area contributed by atoms with Crippen LogP contribution in [-0.2, 0) is 20.7 Å². The maximum absolute atomic E-state index is 12.8. The monoisotopic (exact) mass is 429 g/mol. The molecule has 168 valence electrons. The van der Waals surface area contributed by atoms with Gasteiger partial charge in [0.1, 0.15) is 0 Å². The van der Waals surface area contributed by atoms with Gasteiger partial charge in [-0.15, -0.1) is 0 Å². The number of carbonyl (C=O) groups is 3. The van der Waals surface area contributed by atoms with Crippen molar-refractivity contribution in [2.75, 3.05) is 31.1 Å². The van der Waals surface area contributed by atoms with E-state index >= 15 is 0 Å². The molecule has 0 bridgehead atoms. The number of nitrogens with one attached hydrogen (secondary N) is 1. The van der Waals surface area contributed by atoms with Crippen molar-refractivity contribution in [3.8, 4) is 0 Å². The predicted octanol–water partition coefficient (Wildman–Crippen LogP) is 2.43. The number of ether oxygens (including phenoxy) is 1. The van der Waals surface area contributed by atoms with Gasteiger partial charge in [0.15, 0.2) is 6.10 Å². The Morgan fingerprint density at radius 2 is 2.03 bits per heavy atom. The first kappa shape index (κ1) is 22.8. The lowest BCUT2D eigenvalue weighted by molar-refractivity contribution is -0.133. The summed E-state index contributed by atoms with van der Waals surface area (Å²) in [5.41, 5.74) is 2.09. The van der Waals surface area contributed by atoms with E-state index in [-0.39, 0.29) is 24.4 Å². The summed E-state index contributed by atoms with van der Waals surface area (Å²) in [6.45, 7) is 5.41. The van der Waals surface area contributed by atoms with E-state index in [4.69, 9.17) is 4.74 Å². The number of rotatable bonds is 6. The average molecular weight is 430 g/mol. The highest BCUT2D eigenvalue weighted by molar-refractivity contribution is 6.03. The molecule has 0 aromatic heterocycles. The summed E-state index contributed by atoms with van der Waals surface area (Å²) in [7, 11) is 0. The van der Waals surface area contributed by atoms with Gasteiger partial charge in [-0.1, -0.05) is 38.1 Å². The molecule has 2 heterocycles. The van der Waals surface area contributed by atoms with E-state index in [1.54, 1.807) is 11.0 Å². The molecular weight excluding hydrogens is 398 g/mol. The fourth-order valence-corrected chi connectivity index (χ4v) is 3.98. The summed E-state index contributed by atoms with van der Waals surface area (Å²) in [6.07, 6.45) is 3.38. The second kappa shape index (κ2) is 10.4. The van der Waals surface area contributed by atoms with Gasteiger partial charge in [0.05, 0.1) is 6.54 Å². The van der Waals surface area contributed by atoms with Crippen molar-refractivity contribution in [3.63, 3.8) is 0 Å². The molecule has 2 aliphatic heterocycles. The lowest BCUT2D eigenvalue weighted by Crippen LogP contribution is -2.47. The molecule has 1 saturated heterocycles. The largest absolute Gasteiger partial charge is 0.465 e. The molecule has 1 aromatic rings. The maximum Gasteiger partial charge on any atom is 0.407 e. The minimum Gasteiger partial charge on any atom is -0.465 e. The lowest BCUT2D eigenvalue weighted by Gasteiger charge is -2.24. The van der Waals surface area contributed by atoms with Crippen LogP contribution in [0.3, 0.4) is 0 Å².